The largest absolute Gasteiger partial charge is 0.497 e. The molecule has 3 heteroatoms. The van der Waals surface area contributed by atoms with Gasteiger partial charge in [0.2, 0.25) is 0 Å². The van der Waals surface area contributed by atoms with Crippen molar-refractivity contribution >= 4 is 5.97 Å². The maximum Gasteiger partial charge on any atom is 0.303 e. The number of aryl methyl sites for hydroxylation is 1. The fourth-order valence-electron chi connectivity index (χ4n) is 2.05. The van der Waals surface area contributed by atoms with Crippen LogP contribution >= 0.6 is 0 Å². The lowest BCUT2D eigenvalue weighted by Crippen LogP contribution is -1.97. The highest BCUT2D eigenvalue weighted by Gasteiger charge is 2.01. The quantitative estimate of drug-likeness (QED) is 0.876. The van der Waals surface area contributed by atoms with E-state index < -0.39 is 5.97 Å². The standard InChI is InChI=1S/C17H18O3/c1-20-16-9-6-15(7-10-16)12-14-4-2-13(3-5-14)8-11-17(18)19/h2-7,9-10H,8,11-12H2,1H3,(H,18,19). The fourth-order valence-corrected chi connectivity index (χ4v) is 2.05. The molecule has 0 spiro atoms. The molecule has 0 aliphatic carbocycles. The van der Waals surface area contributed by atoms with Crippen molar-refractivity contribution in [1.82, 2.24) is 0 Å². The summed E-state index contributed by atoms with van der Waals surface area (Å²) < 4.78 is 5.13. The molecule has 0 aliphatic rings. The molecule has 0 radical (unpaired) electrons. The van der Waals surface area contributed by atoms with E-state index in [0.29, 0.717) is 6.42 Å². The number of methoxy groups -OCH3 is 1. The minimum atomic E-state index is -0.757. The Bertz CT molecular complexity index is 556. The van der Waals surface area contributed by atoms with Crippen molar-refractivity contribution in [3.05, 3.63) is 65.2 Å². The normalized spacial score (nSPS) is 10.2. The number of carbonyl (C=O) groups is 1. The van der Waals surface area contributed by atoms with Crippen LogP contribution in [-0.4, -0.2) is 18.2 Å². The highest BCUT2D eigenvalue weighted by molar-refractivity contribution is 5.67. The molecule has 1 N–H and O–H groups in total. The third-order valence-electron chi connectivity index (χ3n) is 3.22. The molecule has 0 saturated heterocycles. The van der Waals surface area contributed by atoms with Crippen LogP contribution in [0, 0.1) is 0 Å². The van der Waals surface area contributed by atoms with Gasteiger partial charge in [0.25, 0.3) is 0 Å². The molecule has 2 aromatic rings. The van der Waals surface area contributed by atoms with Crippen LogP contribution in [0.4, 0.5) is 0 Å². The highest BCUT2D eigenvalue weighted by Crippen LogP contribution is 2.15. The van der Waals surface area contributed by atoms with Crippen LogP contribution in [0.2, 0.25) is 0 Å². The summed E-state index contributed by atoms with van der Waals surface area (Å²) in [4.78, 5) is 10.5. The SMILES string of the molecule is COc1ccc(Cc2ccc(CCC(=O)O)cc2)cc1. The van der Waals surface area contributed by atoms with E-state index in [0.717, 1.165) is 17.7 Å². The maximum absolute atomic E-state index is 10.5. The number of aliphatic carboxylic acids is 1. The smallest absolute Gasteiger partial charge is 0.303 e. The molecule has 20 heavy (non-hydrogen) atoms. The monoisotopic (exact) mass is 270 g/mol. The fraction of sp³-hybridized carbons (Fsp3) is 0.235. The number of rotatable bonds is 6. The Morgan fingerprint density at radius 3 is 1.95 bits per heavy atom. The number of hydrogen-bond acceptors (Lipinski definition) is 2. The predicted molar refractivity (Wildman–Crippen MR) is 78.2 cm³/mol. The van der Waals surface area contributed by atoms with Crippen LogP contribution in [0.3, 0.4) is 0 Å². The second kappa shape index (κ2) is 6.75. The van der Waals surface area contributed by atoms with Crippen molar-refractivity contribution in [2.75, 3.05) is 7.11 Å². The second-order valence-electron chi connectivity index (χ2n) is 4.74. The van der Waals surface area contributed by atoms with Crippen LogP contribution in [0.5, 0.6) is 5.75 Å². The zero-order valence-electron chi connectivity index (χ0n) is 11.5. The van der Waals surface area contributed by atoms with Crippen LogP contribution in [0.25, 0.3) is 0 Å². The Kier molecular flexibility index (Phi) is 4.77. The van der Waals surface area contributed by atoms with Gasteiger partial charge in [-0.05, 0) is 41.7 Å². The first-order valence-corrected chi connectivity index (χ1v) is 6.60. The molecular weight excluding hydrogens is 252 g/mol. The lowest BCUT2D eigenvalue weighted by atomic mass is 10.0. The van der Waals surface area contributed by atoms with Crippen LogP contribution in [0.15, 0.2) is 48.5 Å². The zero-order chi connectivity index (χ0) is 14.4. The molecule has 0 bridgehead atoms. The van der Waals surface area contributed by atoms with E-state index in [-0.39, 0.29) is 6.42 Å². The Morgan fingerprint density at radius 1 is 0.950 bits per heavy atom. The summed E-state index contributed by atoms with van der Waals surface area (Å²) in [6.07, 6.45) is 1.62. The van der Waals surface area contributed by atoms with Gasteiger partial charge >= 0.3 is 5.97 Å². The average molecular weight is 270 g/mol. The molecule has 3 nitrogen and oxygen atoms in total. The summed E-state index contributed by atoms with van der Waals surface area (Å²) in [6, 6.07) is 16.1. The van der Waals surface area contributed by atoms with Crippen molar-refractivity contribution in [1.29, 1.82) is 0 Å². The van der Waals surface area contributed by atoms with Crippen LogP contribution in [0.1, 0.15) is 23.1 Å². The topological polar surface area (TPSA) is 46.5 Å². The molecule has 0 amide bonds. The van der Waals surface area contributed by atoms with E-state index in [1.807, 2.05) is 24.3 Å². The van der Waals surface area contributed by atoms with E-state index in [4.69, 9.17) is 9.84 Å². The van der Waals surface area contributed by atoms with Crippen molar-refractivity contribution in [3.8, 4) is 5.75 Å². The minimum Gasteiger partial charge on any atom is -0.497 e. The molecule has 0 atom stereocenters. The van der Waals surface area contributed by atoms with Gasteiger partial charge in [-0.2, -0.15) is 0 Å². The second-order valence-corrected chi connectivity index (χ2v) is 4.74. The summed E-state index contributed by atoms with van der Waals surface area (Å²) >= 11 is 0. The van der Waals surface area contributed by atoms with Crippen molar-refractivity contribution < 1.29 is 14.6 Å². The molecule has 2 rings (SSSR count). The minimum absolute atomic E-state index is 0.178. The van der Waals surface area contributed by atoms with Gasteiger partial charge < -0.3 is 9.84 Å². The lowest BCUT2D eigenvalue weighted by molar-refractivity contribution is -0.136. The van der Waals surface area contributed by atoms with E-state index >= 15 is 0 Å². The molecule has 0 fully saturated rings. The van der Waals surface area contributed by atoms with Crippen molar-refractivity contribution in [2.24, 2.45) is 0 Å². The predicted octanol–water partition coefficient (Wildman–Crippen LogP) is 3.30. The van der Waals surface area contributed by atoms with Gasteiger partial charge in [-0.3, -0.25) is 4.79 Å². The molecule has 0 saturated carbocycles. The average Bonchev–Trinajstić information content (AvgIpc) is 2.47. The Balaban J connectivity index is 1.97. The molecule has 0 heterocycles. The molecular formula is C17H18O3. The number of carboxylic acids is 1. The van der Waals surface area contributed by atoms with Crippen molar-refractivity contribution in [2.45, 2.75) is 19.3 Å². The first kappa shape index (κ1) is 14.1. The number of carboxylic acid groups (broad SMARTS) is 1. The first-order valence-electron chi connectivity index (χ1n) is 6.60. The zero-order valence-corrected chi connectivity index (χ0v) is 11.5. The van der Waals surface area contributed by atoms with E-state index in [1.165, 1.54) is 11.1 Å². The number of benzene rings is 2. The molecule has 2 aromatic carbocycles. The molecule has 0 unspecified atom stereocenters. The molecule has 104 valence electrons. The summed E-state index contributed by atoms with van der Waals surface area (Å²) in [5.41, 5.74) is 3.50. The maximum atomic E-state index is 10.5. The van der Waals surface area contributed by atoms with Gasteiger partial charge in [0, 0.05) is 6.42 Å². The molecule has 0 aliphatic heterocycles. The van der Waals surface area contributed by atoms with Gasteiger partial charge in [-0.15, -0.1) is 0 Å². The Labute approximate surface area is 118 Å². The van der Waals surface area contributed by atoms with Gasteiger partial charge in [-0.1, -0.05) is 36.4 Å². The van der Waals surface area contributed by atoms with Crippen LogP contribution in [-0.2, 0) is 17.6 Å². The number of ether oxygens (including phenoxy) is 1. The van der Waals surface area contributed by atoms with Gasteiger partial charge in [-0.25, -0.2) is 0 Å². The Morgan fingerprint density at radius 2 is 1.45 bits per heavy atom. The van der Waals surface area contributed by atoms with Crippen molar-refractivity contribution in [3.63, 3.8) is 0 Å². The highest BCUT2D eigenvalue weighted by atomic mass is 16.5. The van der Waals surface area contributed by atoms with E-state index in [2.05, 4.69) is 24.3 Å². The summed E-state index contributed by atoms with van der Waals surface area (Å²) in [5.74, 6) is 0.102. The summed E-state index contributed by atoms with van der Waals surface area (Å²) in [6.45, 7) is 0. The summed E-state index contributed by atoms with van der Waals surface area (Å²) in [7, 11) is 1.66. The van der Waals surface area contributed by atoms with Gasteiger partial charge in [0.15, 0.2) is 0 Å². The van der Waals surface area contributed by atoms with E-state index in [1.54, 1.807) is 7.11 Å². The third kappa shape index (κ3) is 4.12. The van der Waals surface area contributed by atoms with Gasteiger partial charge in [0.1, 0.15) is 5.75 Å². The Hall–Kier alpha value is -2.29. The summed E-state index contributed by atoms with van der Waals surface area (Å²) in [5, 5.41) is 8.66. The van der Waals surface area contributed by atoms with Gasteiger partial charge in [0.05, 0.1) is 7.11 Å². The van der Waals surface area contributed by atoms with E-state index in [9.17, 15) is 4.79 Å². The number of hydrogen-bond donors (Lipinski definition) is 1. The molecule has 0 aromatic heterocycles. The first-order chi connectivity index (χ1) is 9.67. The lowest BCUT2D eigenvalue weighted by Gasteiger charge is -2.05. The third-order valence-corrected chi connectivity index (χ3v) is 3.22. The van der Waals surface area contributed by atoms with Crippen LogP contribution < -0.4 is 4.74 Å².